The molecular formula is C12H20FNS. The minimum absolute atomic E-state index is 0.118. The van der Waals surface area contributed by atoms with Crippen molar-refractivity contribution in [1.29, 1.82) is 0 Å². The zero-order valence-electron chi connectivity index (χ0n) is 9.21. The summed E-state index contributed by atoms with van der Waals surface area (Å²) in [5.74, 6) is 0.842. The summed E-state index contributed by atoms with van der Waals surface area (Å²) in [5.41, 5.74) is -0.756. The first-order chi connectivity index (χ1) is 7.20. The average Bonchev–Trinajstić information content (AvgIpc) is 2.71. The number of thiol groups is 1. The van der Waals surface area contributed by atoms with Gasteiger partial charge in [-0.1, -0.05) is 12.8 Å². The molecule has 0 radical (unpaired) electrons. The Morgan fingerprint density at radius 2 is 2.13 bits per heavy atom. The van der Waals surface area contributed by atoms with E-state index in [9.17, 15) is 4.39 Å². The Morgan fingerprint density at radius 3 is 2.93 bits per heavy atom. The molecule has 0 bridgehead atoms. The molecule has 15 heavy (non-hydrogen) atoms. The van der Waals surface area contributed by atoms with Crippen LogP contribution in [-0.2, 0) is 0 Å². The summed E-state index contributed by atoms with van der Waals surface area (Å²) < 4.78 is 14.8. The Labute approximate surface area is 96.8 Å². The Balaban J connectivity index is 1.93. The van der Waals surface area contributed by atoms with E-state index in [1.807, 2.05) is 0 Å². The predicted octanol–water partition coefficient (Wildman–Crippen LogP) is 2.81. The third-order valence-corrected chi connectivity index (χ3v) is 5.45. The van der Waals surface area contributed by atoms with Crippen molar-refractivity contribution in [3.05, 3.63) is 0 Å². The van der Waals surface area contributed by atoms with Crippen molar-refractivity contribution in [1.82, 2.24) is 4.90 Å². The van der Waals surface area contributed by atoms with Gasteiger partial charge in [-0.05, 0) is 32.2 Å². The van der Waals surface area contributed by atoms with Crippen LogP contribution in [0.4, 0.5) is 4.39 Å². The fourth-order valence-electron chi connectivity index (χ4n) is 4.23. The zero-order valence-corrected chi connectivity index (χ0v) is 10.1. The predicted molar refractivity (Wildman–Crippen MR) is 63.2 cm³/mol. The van der Waals surface area contributed by atoms with Gasteiger partial charge in [0.2, 0.25) is 0 Å². The molecule has 0 aromatic rings. The first-order valence-corrected chi connectivity index (χ1v) is 6.90. The highest BCUT2D eigenvalue weighted by Crippen LogP contribution is 2.54. The van der Waals surface area contributed by atoms with E-state index in [1.54, 1.807) is 0 Å². The van der Waals surface area contributed by atoms with Crippen LogP contribution in [0, 0.1) is 0 Å². The van der Waals surface area contributed by atoms with E-state index >= 15 is 0 Å². The number of fused-ring (bicyclic) bond motifs is 3. The molecule has 3 atom stereocenters. The number of alkyl halides is 1. The molecule has 0 amide bonds. The lowest BCUT2D eigenvalue weighted by molar-refractivity contribution is 0.0539. The SMILES string of the molecule is FC12CCCCC1N1CCCC1(CS)C2. The van der Waals surface area contributed by atoms with Crippen LogP contribution in [0.1, 0.15) is 44.9 Å². The molecule has 1 saturated carbocycles. The Hall–Kier alpha value is 0.240. The maximum atomic E-state index is 14.8. The van der Waals surface area contributed by atoms with Gasteiger partial charge in [0, 0.05) is 23.8 Å². The maximum absolute atomic E-state index is 14.8. The second kappa shape index (κ2) is 3.36. The molecule has 3 rings (SSSR count). The van der Waals surface area contributed by atoms with Gasteiger partial charge in [-0.25, -0.2) is 4.39 Å². The van der Waals surface area contributed by atoms with E-state index in [-0.39, 0.29) is 11.6 Å². The van der Waals surface area contributed by atoms with Gasteiger partial charge >= 0.3 is 0 Å². The Kier molecular flexibility index (Phi) is 2.33. The first-order valence-electron chi connectivity index (χ1n) is 6.27. The highest BCUT2D eigenvalue weighted by Gasteiger charge is 2.61. The second-order valence-electron chi connectivity index (χ2n) is 5.65. The van der Waals surface area contributed by atoms with Crippen molar-refractivity contribution in [3.63, 3.8) is 0 Å². The van der Waals surface area contributed by atoms with Crippen LogP contribution in [0.15, 0.2) is 0 Å². The van der Waals surface area contributed by atoms with Crippen LogP contribution in [0.2, 0.25) is 0 Å². The second-order valence-corrected chi connectivity index (χ2v) is 5.97. The lowest BCUT2D eigenvalue weighted by atomic mass is 9.79. The fourth-order valence-corrected chi connectivity index (χ4v) is 4.68. The van der Waals surface area contributed by atoms with E-state index in [0.717, 1.165) is 38.0 Å². The van der Waals surface area contributed by atoms with Crippen LogP contribution in [0.25, 0.3) is 0 Å². The molecule has 3 fully saturated rings. The van der Waals surface area contributed by atoms with Crippen LogP contribution < -0.4 is 0 Å². The van der Waals surface area contributed by atoms with E-state index in [2.05, 4.69) is 17.5 Å². The number of halogens is 1. The zero-order chi connectivity index (χ0) is 10.5. The van der Waals surface area contributed by atoms with Gasteiger partial charge in [0.1, 0.15) is 5.67 Å². The van der Waals surface area contributed by atoms with E-state index in [4.69, 9.17) is 0 Å². The van der Waals surface area contributed by atoms with Gasteiger partial charge in [0.25, 0.3) is 0 Å². The topological polar surface area (TPSA) is 3.24 Å². The molecule has 3 heteroatoms. The van der Waals surface area contributed by atoms with Gasteiger partial charge < -0.3 is 0 Å². The normalized spacial score (nSPS) is 50.4. The quantitative estimate of drug-likeness (QED) is 0.677. The van der Waals surface area contributed by atoms with Gasteiger partial charge in [-0.3, -0.25) is 4.90 Å². The molecule has 0 aromatic heterocycles. The summed E-state index contributed by atoms with van der Waals surface area (Å²) in [4.78, 5) is 2.47. The summed E-state index contributed by atoms with van der Waals surface area (Å²) in [6, 6.07) is 0.223. The van der Waals surface area contributed by atoms with Crippen molar-refractivity contribution >= 4 is 12.6 Å². The molecule has 86 valence electrons. The fraction of sp³-hybridized carbons (Fsp3) is 1.00. The molecule has 0 aromatic carbocycles. The molecule has 2 saturated heterocycles. The summed E-state index contributed by atoms with van der Waals surface area (Å²) >= 11 is 4.49. The van der Waals surface area contributed by atoms with Crippen molar-refractivity contribution in [2.24, 2.45) is 0 Å². The molecule has 1 nitrogen and oxygen atoms in total. The summed E-state index contributed by atoms with van der Waals surface area (Å²) in [6.07, 6.45) is 7.34. The number of hydrogen-bond acceptors (Lipinski definition) is 2. The van der Waals surface area contributed by atoms with Crippen molar-refractivity contribution in [2.45, 2.75) is 62.2 Å². The van der Waals surface area contributed by atoms with Gasteiger partial charge in [-0.2, -0.15) is 12.6 Å². The average molecular weight is 229 g/mol. The molecule has 3 unspecified atom stereocenters. The van der Waals surface area contributed by atoms with E-state index in [1.165, 1.54) is 19.3 Å². The molecule has 2 aliphatic heterocycles. The van der Waals surface area contributed by atoms with E-state index < -0.39 is 5.67 Å². The van der Waals surface area contributed by atoms with Gasteiger partial charge in [-0.15, -0.1) is 0 Å². The number of rotatable bonds is 1. The number of nitrogens with zero attached hydrogens (tertiary/aromatic N) is 1. The molecule has 3 aliphatic rings. The van der Waals surface area contributed by atoms with Gasteiger partial charge in [0.15, 0.2) is 0 Å². The monoisotopic (exact) mass is 229 g/mol. The Bertz CT molecular complexity index is 272. The van der Waals surface area contributed by atoms with Crippen molar-refractivity contribution < 1.29 is 4.39 Å². The molecular weight excluding hydrogens is 209 g/mol. The smallest absolute Gasteiger partial charge is 0.128 e. The standard InChI is InChI=1S/C12H20FNS/c13-12-6-2-1-4-10(12)14-7-3-5-11(14,8-12)9-15/h10,15H,1-9H2. The highest BCUT2D eigenvalue weighted by atomic mass is 32.1. The molecule has 2 heterocycles. The first kappa shape index (κ1) is 10.4. The van der Waals surface area contributed by atoms with Crippen LogP contribution >= 0.6 is 12.6 Å². The molecule has 0 N–H and O–H groups in total. The lowest BCUT2D eigenvalue weighted by Gasteiger charge is -2.36. The van der Waals surface area contributed by atoms with Crippen LogP contribution in [0.3, 0.4) is 0 Å². The van der Waals surface area contributed by atoms with Gasteiger partial charge in [0.05, 0.1) is 0 Å². The van der Waals surface area contributed by atoms with Crippen molar-refractivity contribution in [3.8, 4) is 0 Å². The molecule has 0 spiro atoms. The van der Waals surface area contributed by atoms with Crippen molar-refractivity contribution in [2.75, 3.05) is 12.3 Å². The highest BCUT2D eigenvalue weighted by molar-refractivity contribution is 7.80. The Morgan fingerprint density at radius 1 is 1.27 bits per heavy atom. The third kappa shape index (κ3) is 1.32. The lowest BCUT2D eigenvalue weighted by Crippen LogP contribution is -2.46. The number of hydrogen-bond donors (Lipinski definition) is 1. The van der Waals surface area contributed by atoms with Crippen LogP contribution in [-0.4, -0.2) is 34.4 Å². The maximum Gasteiger partial charge on any atom is 0.128 e. The summed E-state index contributed by atoms with van der Waals surface area (Å²) in [7, 11) is 0. The largest absolute Gasteiger partial charge is 0.291 e. The third-order valence-electron chi connectivity index (χ3n) is 4.86. The van der Waals surface area contributed by atoms with E-state index in [0.29, 0.717) is 0 Å². The molecule has 1 aliphatic carbocycles. The van der Waals surface area contributed by atoms with Crippen LogP contribution in [0.5, 0.6) is 0 Å². The summed E-state index contributed by atoms with van der Waals surface area (Å²) in [5, 5.41) is 0. The summed E-state index contributed by atoms with van der Waals surface area (Å²) in [6.45, 7) is 1.11. The minimum atomic E-state index is -0.874. The minimum Gasteiger partial charge on any atom is -0.291 e.